The van der Waals surface area contributed by atoms with Crippen LogP contribution in [0.2, 0.25) is 0 Å². The molecule has 1 fully saturated rings. The van der Waals surface area contributed by atoms with Crippen LogP contribution in [0.1, 0.15) is 55.7 Å². The number of benzene rings is 1. The number of hydrogen-bond donors (Lipinski definition) is 1. The first-order valence-corrected chi connectivity index (χ1v) is 7.96. The average Bonchev–Trinajstić information content (AvgIpc) is 2.43. The van der Waals surface area contributed by atoms with Crippen LogP contribution in [-0.2, 0) is 6.54 Å². The molecule has 1 heteroatoms. The standard InChI is InChI=1S/C18H29N/c1-4-16-8-10-17(11-9-16)12-19-13-18-14(2)6-5-7-15(18)3/h5-7,16-17,19H,4,8-13H2,1-3H3. The average molecular weight is 259 g/mol. The third kappa shape index (κ3) is 4.07. The van der Waals surface area contributed by atoms with Crippen LogP contribution >= 0.6 is 0 Å². The first-order valence-electron chi connectivity index (χ1n) is 7.96. The Morgan fingerprint density at radius 1 is 1.00 bits per heavy atom. The molecule has 0 heterocycles. The highest BCUT2D eigenvalue weighted by Crippen LogP contribution is 2.30. The molecule has 0 aliphatic heterocycles. The highest BCUT2D eigenvalue weighted by Gasteiger charge is 2.19. The molecule has 19 heavy (non-hydrogen) atoms. The molecular weight excluding hydrogens is 230 g/mol. The molecule has 1 aliphatic carbocycles. The fourth-order valence-electron chi connectivity index (χ4n) is 3.37. The number of aryl methyl sites for hydroxylation is 2. The van der Waals surface area contributed by atoms with Gasteiger partial charge in [0.2, 0.25) is 0 Å². The molecule has 106 valence electrons. The van der Waals surface area contributed by atoms with Crippen molar-refractivity contribution < 1.29 is 0 Å². The van der Waals surface area contributed by atoms with Crippen LogP contribution in [0.5, 0.6) is 0 Å². The Morgan fingerprint density at radius 2 is 1.58 bits per heavy atom. The molecule has 1 N–H and O–H groups in total. The van der Waals surface area contributed by atoms with Crippen molar-refractivity contribution >= 4 is 0 Å². The molecule has 0 saturated heterocycles. The molecule has 0 atom stereocenters. The second-order valence-electron chi connectivity index (χ2n) is 6.30. The van der Waals surface area contributed by atoms with Crippen molar-refractivity contribution in [1.29, 1.82) is 0 Å². The van der Waals surface area contributed by atoms with Crippen molar-refractivity contribution in [1.82, 2.24) is 5.32 Å². The van der Waals surface area contributed by atoms with Gasteiger partial charge in [-0.15, -0.1) is 0 Å². The first-order chi connectivity index (χ1) is 9.20. The molecule has 0 bridgehead atoms. The van der Waals surface area contributed by atoms with Crippen LogP contribution in [0.3, 0.4) is 0 Å². The van der Waals surface area contributed by atoms with Gasteiger partial charge in [0.1, 0.15) is 0 Å². The lowest BCUT2D eigenvalue weighted by Crippen LogP contribution is -2.26. The SMILES string of the molecule is CCC1CCC(CNCc2c(C)cccc2C)CC1. The van der Waals surface area contributed by atoms with Gasteiger partial charge < -0.3 is 5.32 Å². The summed E-state index contributed by atoms with van der Waals surface area (Å²) < 4.78 is 0. The van der Waals surface area contributed by atoms with E-state index in [-0.39, 0.29) is 0 Å². The van der Waals surface area contributed by atoms with Crippen molar-refractivity contribution in [3.63, 3.8) is 0 Å². The third-order valence-electron chi connectivity index (χ3n) is 4.92. The zero-order chi connectivity index (χ0) is 13.7. The van der Waals surface area contributed by atoms with E-state index in [1.54, 1.807) is 0 Å². The second-order valence-corrected chi connectivity index (χ2v) is 6.30. The highest BCUT2D eigenvalue weighted by atomic mass is 14.9. The normalized spacial score (nSPS) is 23.5. The van der Waals surface area contributed by atoms with Crippen LogP contribution in [-0.4, -0.2) is 6.54 Å². The van der Waals surface area contributed by atoms with E-state index in [2.05, 4.69) is 44.3 Å². The zero-order valence-electron chi connectivity index (χ0n) is 12.8. The van der Waals surface area contributed by atoms with Crippen molar-refractivity contribution in [2.24, 2.45) is 11.8 Å². The van der Waals surface area contributed by atoms with E-state index in [0.29, 0.717) is 0 Å². The lowest BCUT2D eigenvalue weighted by Gasteiger charge is -2.28. The van der Waals surface area contributed by atoms with Crippen molar-refractivity contribution in [2.75, 3.05) is 6.54 Å². The molecule has 1 aromatic carbocycles. The van der Waals surface area contributed by atoms with Crippen LogP contribution < -0.4 is 5.32 Å². The summed E-state index contributed by atoms with van der Waals surface area (Å²) in [6.45, 7) is 9.01. The molecule has 0 radical (unpaired) electrons. The second kappa shape index (κ2) is 7.09. The van der Waals surface area contributed by atoms with Crippen LogP contribution in [0, 0.1) is 25.7 Å². The molecule has 0 aromatic heterocycles. The van der Waals surface area contributed by atoms with Crippen molar-refractivity contribution in [2.45, 2.75) is 59.4 Å². The Hall–Kier alpha value is -0.820. The molecule has 2 rings (SSSR count). The van der Waals surface area contributed by atoms with Gasteiger partial charge in [0.15, 0.2) is 0 Å². The molecular formula is C18H29N. The summed E-state index contributed by atoms with van der Waals surface area (Å²) in [6.07, 6.45) is 7.14. The zero-order valence-corrected chi connectivity index (χ0v) is 12.8. The van der Waals surface area contributed by atoms with Gasteiger partial charge in [-0.3, -0.25) is 0 Å². The minimum Gasteiger partial charge on any atom is -0.312 e. The summed E-state index contributed by atoms with van der Waals surface area (Å²) in [7, 11) is 0. The number of hydrogen-bond acceptors (Lipinski definition) is 1. The third-order valence-corrected chi connectivity index (χ3v) is 4.92. The predicted octanol–water partition coefficient (Wildman–Crippen LogP) is 4.61. The van der Waals surface area contributed by atoms with Crippen molar-refractivity contribution in [3.8, 4) is 0 Å². The summed E-state index contributed by atoms with van der Waals surface area (Å²) in [5, 5.41) is 3.69. The van der Waals surface area contributed by atoms with Crippen LogP contribution in [0.4, 0.5) is 0 Å². The maximum Gasteiger partial charge on any atom is 0.0210 e. The topological polar surface area (TPSA) is 12.0 Å². The van der Waals surface area contributed by atoms with E-state index in [1.165, 1.54) is 55.3 Å². The van der Waals surface area contributed by atoms with Crippen LogP contribution in [0.15, 0.2) is 18.2 Å². The summed E-state index contributed by atoms with van der Waals surface area (Å²) in [4.78, 5) is 0. The molecule has 1 saturated carbocycles. The lowest BCUT2D eigenvalue weighted by molar-refractivity contribution is 0.262. The Kier molecular flexibility index (Phi) is 5.45. The predicted molar refractivity (Wildman–Crippen MR) is 83.4 cm³/mol. The maximum absolute atomic E-state index is 3.69. The molecule has 0 unspecified atom stereocenters. The molecule has 1 nitrogen and oxygen atoms in total. The Bertz CT molecular complexity index is 368. The van der Waals surface area contributed by atoms with Gasteiger partial charge in [0.05, 0.1) is 0 Å². The van der Waals surface area contributed by atoms with Gasteiger partial charge in [-0.1, -0.05) is 44.4 Å². The van der Waals surface area contributed by atoms with Crippen LogP contribution in [0.25, 0.3) is 0 Å². The Labute approximate surface area is 118 Å². The highest BCUT2D eigenvalue weighted by molar-refractivity contribution is 5.33. The van der Waals surface area contributed by atoms with E-state index >= 15 is 0 Å². The van der Waals surface area contributed by atoms with E-state index in [1.807, 2.05) is 0 Å². The van der Waals surface area contributed by atoms with E-state index in [4.69, 9.17) is 0 Å². The van der Waals surface area contributed by atoms with Gasteiger partial charge in [-0.2, -0.15) is 0 Å². The van der Waals surface area contributed by atoms with Gasteiger partial charge >= 0.3 is 0 Å². The van der Waals surface area contributed by atoms with Gasteiger partial charge in [0, 0.05) is 6.54 Å². The Morgan fingerprint density at radius 3 is 2.16 bits per heavy atom. The van der Waals surface area contributed by atoms with Crippen molar-refractivity contribution in [3.05, 3.63) is 34.9 Å². The summed E-state index contributed by atoms with van der Waals surface area (Å²) in [6, 6.07) is 6.59. The Balaban J connectivity index is 1.75. The monoisotopic (exact) mass is 259 g/mol. The number of rotatable bonds is 5. The first kappa shape index (κ1) is 14.6. The molecule has 0 spiro atoms. The minimum absolute atomic E-state index is 0.909. The molecule has 1 aliphatic rings. The fourth-order valence-corrected chi connectivity index (χ4v) is 3.37. The quantitative estimate of drug-likeness (QED) is 0.814. The smallest absolute Gasteiger partial charge is 0.0210 e. The summed E-state index contributed by atoms with van der Waals surface area (Å²) in [5.74, 6) is 1.92. The largest absolute Gasteiger partial charge is 0.312 e. The molecule has 0 amide bonds. The van der Waals surface area contributed by atoms with E-state index in [0.717, 1.165) is 18.4 Å². The van der Waals surface area contributed by atoms with Gasteiger partial charge in [-0.25, -0.2) is 0 Å². The lowest BCUT2D eigenvalue weighted by atomic mass is 9.81. The fraction of sp³-hybridized carbons (Fsp3) is 0.667. The van der Waals surface area contributed by atoms with Gasteiger partial charge in [0.25, 0.3) is 0 Å². The number of nitrogens with one attached hydrogen (secondary N) is 1. The molecule has 1 aromatic rings. The maximum atomic E-state index is 3.69. The summed E-state index contributed by atoms with van der Waals surface area (Å²) >= 11 is 0. The summed E-state index contributed by atoms with van der Waals surface area (Å²) in [5.41, 5.74) is 4.33. The van der Waals surface area contributed by atoms with E-state index in [9.17, 15) is 0 Å². The van der Waals surface area contributed by atoms with Gasteiger partial charge in [-0.05, 0) is 61.8 Å². The minimum atomic E-state index is 0.909. The van der Waals surface area contributed by atoms with E-state index < -0.39 is 0 Å².